The van der Waals surface area contributed by atoms with E-state index in [9.17, 15) is 4.79 Å². The third-order valence-corrected chi connectivity index (χ3v) is 3.88. The summed E-state index contributed by atoms with van der Waals surface area (Å²) in [4.78, 5) is 11.7. The average molecular weight is 249 g/mol. The van der Waals surface area contributed by atoms with Crippen molar-refractivity contribution in [2.45, 2.75) is 44.2 Å². The van der Waals surface area contributed by atoms with Crippen molar-refractivity contribution in [3.8, 4) is 0 Å². The molecule has 2 aliphatic rings. The summed E-state index contributed by atoms with van der Waals surface area (Å²) in [5.41, 5.74) is 0. The van der Waals surface area contributed by atoms with Crippen LogP contribution in [0.1, 0.15) is 37.5 Å². The van der Waals surface area contributed by atoms with E-state index in [1.54, 1.807) is 0 Å². The van der Waals surface area contributed by atoms with Crippen LogP contribution in [0, 0.1) is 0 Å². The van der Waals surface area contributed by atoms with Crippen LogP contribution in [-0.2, 0) is 11.2 Å². The molecule has 18 heavy (non-hydrogen) atoms. The highest BCUT2D eigenvalue weighted by atomic mass is 16.2. The molecule has 0 bridgehead atoms. The molecule has 0 spiro atoms. The second kappa shape index (κ2) is 5.06. The molecule has 1 saturated heterocycles. The van der Waals surface area contributed by atoms with Crippen LogP contribution < -0.4 is 10.6 Å². The number of rotatable bonds is 3. The Hall–Kier alpha value is -1.43. The highest BCUT2D eigenvalue weighted by molar-refractivity contribution is 5.82. The molecular weight excluding hydrogens is 230 g/mol. The fourth-order valence-electron chi connectivity index (χ4n) is 2.90. The Morgan fingerprint density at radius 3 is 2.94 bits per heavy atom. The average Bonchev–Trinajstić information content (AvgIpc) is 3.02. The van der Waals surface area contributed by atoms with Gasteiger partial charge in [-0.2, -0.15) is 0 Å². The number of hydrogen-bond acceptors (Lipinski definition) is 4. The summed E-state index contributed by atoms with van der Waals surface area (Å²) in [6, 6.07) is 0.366. The lowest BCUT2D eigenvalue weighted by Gasteiger charge is -2.23. The number of nitrogens with zero attached hydrogens (tertiary/aromatic N) is 3. The van der Waals surface area contributed by atoms with E-state index in [4.69, 9.17) is 0 Å². The SMILES string of the molecule is O=C1NCCNC1Cc1nncn1C1CCCC1. The van der Waals surface area contributed by atoms with E-state index in [0.29, 0.717) is 19.0 Å². The molecule has 2 fully saturated rings. The van der Waals surface area contributed by atoms with Gasteiger partial charge in [-0.05, 0) is 12.8 Å². The molecule has 1 atom stereocenters. The molecule has 0 aromatic carbocycles. The summed E-state index contributed by atoms with van der Waals surface area (Å²) in [6.07, 6.45) is 7.41. The van der Waals surface area contributed by atoms with Gasteiger partial charge in [0.2, 0.25) is 5.91 Å². The summed E-state index contributed by atoms with van der Waals surface area (Å²) in [7, 11) is 0. The van der Waals surface area contributed by atoms with Crippen LogP contribution in [0.4, 0.5) is 0 Å². The van der Waals surface area contributed by atoms with Crippen LogP contribution in [-0.4, -0.2) is 39.8 Å². The molecule has 1 saturated carbocycles. The molecule has 1 aliphatic heterocycles. The second-order valence-corrected chi connectivity index (χ2v) is 5.09. The third-order valence-electron chi connectivity index (χ3n) is 3.88. The van der Waals surface area contributed by atoms with Crippen LogP contribution in [0.15, 0.2) is 6.33 Å². The molecule has 6 heteroatoms. The third kappa shape index (κ3) is 2.25. The first kappa shape index (κ1) is 11.6. The minimum absolute atomic E-state index is 0.0715. The highest BCUT2D eigenvalue weighted by Gasteiger charge is 2.26. The van der Waals surface area contributed by atoms with E-state index in [0.717, 1.165) is 12.4 Å². The van der Waals surface area contributed by atoms with Gasteiger partial charge < -0.3 is 15.2 Å². The quantitative estimate of drug-likeness (QED) is 0.792. The van der Waals surface area contributed by atoms with Gasteiger partial charge in [-0.3, -0.25) is 4.79 Å². The minimum Gasteiger partial charge on any atom is -0.353 e. The van der Waals surface area contributed by atoms with Gasteiger partial charge in [0.15, 0.2) is 0 Å². The molecule has 6 nitrogen and oxygen atoms in total. The van der Waals surface area contributed by atoms with Crippen molar-refractivity contribution in [1.29, 1.82) is 0 Å². The fourth-order valence-corrected chi connectivity index (χ4v) is 2.90. The number of nitrogens with one attached hydrogen (secondary N) is 2. The number of carbonyl (C=O) groups excluding carboxylic acids is 1. The van der Waals surface area contributed by atoms with E-state index < -0.39 is 0 Å². The predicted octanol–water partition coefficient (Wildman–Crippen LogP) is 0.0237. The molecule has 1 unspecified atom stereocenters. The van der Waals surface area contributed by atoms with Crippen LogP contribution in [0.2, 0.25) is 0 Å². The first-order chi connectivity index (χ1) is 8.84. The highest BCUT2D eigenvalue weighted by Crippen LogP contribution is 2.30. The molecule has 2 heterocycles. The van der Waals surface area contributed by atoms with Gasteiger partial charge in [0, 0.05) is 25.6 Å². The first-order valence-electron chi connectivity index (χ1n) is 6.74. The molecule has 0 radical (unpaired) electrons. The summed E-state index contributed by atoms with van der Waals surface area (Å²) in [6.45, 7) is 1.54. The lowest BCUT2D eigenvalue weighted by Crippen LogP contribution is -2.54. The molecule has 98 valence electrons. The van der Waals surface area contributed by atoms with Crippen LogP contribution in [0.25, 0.3) is 0 Å². The normalized spacial score (nSPS) is 25.3. The Kier molecular flexibility index (Phi) is 3.27. The molecule has 3 rings (SSSR count). The lowest BCUT2D eigenvalue weighted by molar-refractivity contribution is -0.124. The summed E-state index contributed by atoms with van der Waals surface area (Å²) in [5, 5.41) is 14.3. The molecule has 1 amide bonds. The van der Waals surface area contributed by atoms with Gasteiger partial charge in [-0.1, -0.05) is 12.8 Å². The van der Waals surface area contributed by atoms with Gasteiger partial charge in [0.25, 0.3) is 0 Å². The molecular formula is C12H19N5O. The van der Waals surface area contributed by atoms with Crippen LogP contribution in [0.5, 0.6) is 0 Å². The van der Waals surface area contributed by atoms with Crippen molar-refractivity contribution in [1.82, 2.24) is 25.4 Å². The van der Waals surface area contributed by atoms with Crippen molar-refractivity contribution in [2.24, 2.45) is 0 Å². The maximum Gasteiger partial charge on any atom is 0.237 e. The van der Waals surface area contributed by atoms with Crippen molar-refractivity contribution in [3.63, 3.8) is 0 Å². The Bertz CT molecular complexity index is 424. The number of piperazine rings is 1. The largest absolute Gasteiger partial charge is 0.353 e. The topological polar surface area (TPSA) is 71.8 Å². The Balaban J connectivity index is 1.72. The van der Waals surface area contributed by atoms with Crippen molar-refractivity contribution in [2.75, 3.05) is 13.1 Å². The predicted molar refractivity (Wildman–Crippen MR) is 66.0 cm³/mol. The maximum absolute atomic E-state index is 11.7. The van der Waals surface area contributed by atoms with Crippen molar-refractivity contribution in [3.05, 3.63) is 12.2 Å². The Morgan fingerprint density at radius 2 is 2.17 bits per heavy atom. The first-order valence-corrected chi connectivity index (χ1v) is 6.74. The Labute approximate surface area is 106 Å². The lowest BCUT2D eigenvalue weighted by atomic mass is 10.1. The molecule has 1 aromatic heterocycles. The van der Waals surface area contributed by atoms with Gasteiger partial charge in [-0.15, -0.1) is 10.2 Å². The fraction of sp³-hybridized carbons (Fsp3) is 0.750. The van der Waals surface area contributed by atoms with Gasteiger partial charge >= 0.3 is 0 Å². The Morgan fingerprint density at radius 1 is 1.33 bits per heavy atom. The molecule has 1 aromatic rings. The maximum atomic E-state index is 11.7. The molecule has 1 aliphatic carbocycles. The van der Waals surface area contributed by atoms with E-state index in [1.807, 2.05) is 6.33 Å². The second-order valence-electron chi connectivity index (χ2n) is 5.09. The zero-order valence-electron chi connectivity index (χ0n) is 10.4. The number of hydrogen-bond donors (Lipinski definition) is 2. The van der Waals surface area contributed by atoms with Crippen molar-refractivity contribution < 1.29 is 4.79 Å². The standard InChI is InChI=1S/C12H19N5O/c18-12-10(13-5-6-14-12)7-11-16-15-8-17(11)9-3-1-2-4-9/h8-10,13H,1-7H2,(H,14,18). The van der Waals surface area contributed by atoms with E-state index >= 15 is 0 Å². The smallest absolute Gasteiger partial charge is 0.237 e. The van der Waals surface area contributed by atoms with Crippen LogP contribution >= 0.6 is 0 Å². The monoisotopic (exact) mass is 249 g/mol. The van der Waals surface area contributed by atoms with Gasteiger partial charge in [0.1, 0.15) is 12.2 Å². The summed E-state index contributed by atoms with van der Waals surface area (Å²) >= 11 is 0. The minimum atomic E-state index is -0.164. The zero-order chi connectivity index (χ0) is 12.4. The zero-order valence-corrected chi connectivity index (χ0v) is 10.4. The summed E-state index contributed by atoms with van der Waals surface area (Å²) < 4.78 is 2.16. The van der Waals surface area contributed by atoms with E-state index in [1.165, 1.54) is 25.7 Å². The number of amides is 1. The number of aromatic nitrogens is 3. The summed E-state index contributed by atoms with van der Waals surface area (Å²) in [5.74, 6) is 0.999. The number of carbonyl (C=O) groups is 1. The van der Waals surface area contributed by atoms with E-state index in [2.05, 4.69) is 25.4 Å². The molecule has 2 N–H and O–H groups in total. The van der Waals surface area contributed by atoms with Crippen molar-refractivity contribution >= 4 is 5.91 Å². The van der Waals surface area contributed by atoms with Gasteiger partial charge in [-0.25, -0.2) is 0 Å². The van der Waals surface area contributed by atoms with Crippen LogP contribution in [0.3, 0.4) is 0 Å². The van der Waals surface area contributed by atoms with E-state index in [-0.39, 0.29) is 11.9 Å². The van der Waals surface area contributed by atoms with Gasteiger partial charge in [0.05, 0.1) is 6.04 Å².